The molecule has 0 bridgehead atoms. The van der Waals surface area contributed by atoms with Gasteiger partial charge in [-0.3, -0.25) is 4.79 Å². The van der Waals surface area contributed by atoms with E-state index in [2.05, 4.69) is 40.6 Å². The van der Waals surface area contributed by atoms with Gasteiger partial charge in [0.25, 0.3) is 0 Å². The van der Waals surface area contributed by atoms with Crippen LogP contribution in [0.4, 0.5) is 11.4 Å². The Hall–Kier alpha value is -2.31. The quantitative estimate of drug-likeness (QED) is 0.538. The average Bonchev–Trinajstić information content (AvgIpc) is 3.06. The first-order valence-corrected chi connectivity index (χ1v) is 9.23. The van der Waals surface area contributed by atoms with Crippen molar-refractivity contribution in [3.63, 3.8) is 0 Å². The molecule has 4 nitrogen and oxygen atoms in total. The molecule has 2 N–H and O–H groups in total. The fourth-order valence-corrected chi connectivity index (χ4v) is 4.38. The number of carboxylic acids is 1. The average molecular weight is 354 g/mol. The van der Waals surface area contributed by atoms with Crippen molar-refractivity contribution in [2.45, 2.75) is 22.6 Å². The van der Waals surface area contributed by atoms with Crippen LogP contribution < -0.4 is 5.32 Å². The van der Waals surface area contributed by atoms with Crippen LogP contribution in [-0.2, 0) is 11.2 Å². The van der Waals surface area contributed by atoms with Gasteiger partial charge >= 0.3 is 5.97 Å². The highest BCUT2D eigenvalue weighted by molar-refractivity contribution is 7.99. The van der Waals surface area contributed by atoms with E-state index in [1.54, 1.807) is 23.1 Å². The van der Waals surface area contributed by atoms with Gasteiger partial charge in [-0.2, -0.15) is 0 Å². The largest absolute Gasteiger partial charge is 0.481 e. The number of hydrogen-bond donors (Lipinski definition) is 2. The van der Waals surface area contributed by atoms with Gasteiger partial charge in [0, 0.05) is 27.2 Å². The van der Waals surface area contributed by atoms with Crippen LogP contribution in [0.25, 0.3) is 10.6 Å². The number of hydrogen-bond acceptors (Lipinski definition) is 5. The standard InChI is InChI=1S/C18H14N2O2S2/c21-17(22)8-6-12-10-23-18(19-12)11-5-7-16-14(9-11)20-13-3-1-2-4-15(13)24-16/h1-5,7,9-10,20H,6,8H2,(H,21,22). The third kappa shape index (κ3) is 3.02. The SMILES string of the molecule is O=C(O)CCc1csc(-c2ccc3c(c2)Nc2ccccc2S3)n1. The van der Waals surface area contributed by atoms with Gasteiger partial charge in [0.1, 0.15) is 5.01 Å². The molecule has 2 heterocycles. The fraction of sp³-hybridized carbons (Fsp3) is 0.111. The van der Waals surface area contributed by atoms with Crippen molar-refractivity contribution in [3.8, 4) is 10.6 Å². The Morgan fingerprint density at radius 3 is 2.83 bits per heavy atom. The van der Waals surface area contributed by atoms with Gasteiger partial charge < -0.3 is 10.4 Å². The Bertz CT molecular complexity index is 921. The first-order valence-electron chi connectivity index (χ1n) is 7.53. The highest BCUT2D eigenvalue weighted by Crippen LogP contribution is 2.45. The van der Waals surface area contributed by atoms with Crippen molar-refractivity contribution >= 4 is 40.4 Å². The number of rotatable bonds is 4. The van der Waals surface area contributed by atoms with E-state index in [4.69, 9.17) is 5.11 Å². The number of fused-ring (bicyclic) bond motifs is 2. The summed E-state index contributed by atoms with van der Waals surface area (Å²) >= 11 is 3.31. The molecule has 0 saturated heterocycles. The number of aliphatic carboxylic acids is 1. The van der Waals surface area contributed by atoms with Crippen LogP contribution in [0.15, 0.2) is 57.6 Å². The molecule has 0 aliphatic carbocycles. The number of nitrogens with zero attached hydrogens (tertiary/aromatic N) is 1. The lowest BCUT2D eigenvalue weighted by Crippen LogP contribution is -1.99. The van der Waals surface area contributed by atoms with E-state index < -0.39 is 5.97 Å². The topological polar surface area (TPSA) is 62.2 Å². The molecule has 4 rings (SSSR count). The Labute approximate surface area is 147 Å². The second kappa shape index (κ2) is 6.30. The number of para-hydroxylation sites is 1. The van der Waals surface area contributed by atoms with Crippen LogP contribution >= 0.6 is 23.1 Å². The minimum Gasteiger partial charge on any atom is -0.481 e. The summed E-state index contributed by atoms with van der Waals surface area (Å²) in [6.07, 6.45) is 0.584. The van der Waals surface area contributed by atoms with Gasteiger partial charge in [0.2, 0.25) is 0 Å². The summed E-state index contributed by atoms with van der Waals surface area (Å²) in [5.74, 6) is -0.793. The molecule has 1 aliphatic heterocycles. The lowest BCUT2D eigenvalue weighted by Gasteiger charge is -2.21. The van der Waals surface area contributed by atoms with Crippen molar-refractivity contribution in [2.75, 3.05) is 5.32 Å². The Balaban J connectivity index is 1.59. The second-order valence-corrected chi connectivity index (χ2v) is 7.41. The zero-order valence-corrected chi connectivity index (χ0v) is 14.3. The van der Waals surface area contributed by atoms with E-state index in [0.29, 0.717) is 6.42 Å². The number of aromatic nitrogens is 1. The van der Waals surface area contributed by atoms with E-state index >= 15 is 0 Å². The van der Waals surface area contributed by atoms with Crippen LogP contribution in [0.5, 0.6) is 0 Å². The molecule has 0 amide bonds. The second-order valence-electron chi connectivity index (χ2n) is 5.47. The smallest absolute Gasteiger partial charge is 0.303 e. The Morgan fingerprint density at radius 2 is 1.96 bits per heavy atom. The molecule has 1 aliphatic rings. The molecule has 6 heteroatoms. The summed E-state index contributed by atoms with van der Waals surface area (Å²) in [5, 5.41) is 15.1. The van der Waals surface area contributed by atoms with Gasteiger partial charge in [0.05, 0.1) is 23.5 Å². The van der Waals surface area contributed by atoms with E-state index in [-0.39, 0.29) is 6.42 Å². The number of carbonyl (C=O) groups is 1. The summed E-state index contributed by atoms with van der Waals surface area (Å²) < 4.78 is 0. The first-order chi connectivity index (χ1) is 11.7. The van der Waals surface area contributed by atoms with Crippen molar-refractivity contribution in [2.24, 2.45) is 0 Å². The van der Waals surface area contributed by atoms with Gasteiger partial charge in [-0.15, -0.1) is 11.3 Å². The number of aryl methyl sites for hydroxylation is 1. The van der Waals surface area contributed by atoms with Crippen LogP contribution in [0.3, 0.4) is 0 Å². The maximum atomic E-state index is 10.7. The van der Waals surface area contributed by atoms with Crippen molar-refractivity contribution in [1.29, 1.82) is 0 Å². The van der Waals surface area contributed by atoms with Gasteiger partial charge in [0.15, 0.2) is 0 Å². The molecule has 0 radical (unpaired) electrons. The molecule has 120 valence electrons. The van der Waals surface area contributed by atoms with E-state index in [0.717, 1.165) is 27.6 Å². The molecule has 3 aromatic rings. The summed E-state index contributed by atoms with van der Waals surface area (Å²) in [6.45, 7) is 0. The molecule has 0 unspecified atom stereocenters. The predicted molar refractivity (Wildman–Crippen MR) is 97.4 cm³/mol. The summed E-state index contributed by atoms with van der Waals surface area (Å²) in [7, 11) is 0. The van der Waals surface area contributed by atoms with E-state index in [1.807, 2.05) is 17.5 Å². The fourth-order valence-electron chi connectivity index (χ4n) is 2.56. The molecule has 2 aromatic carbocycles. The van der Waals surface area contributed by atoms with Crippen molar-refractivity contribution in [3.05, 3.63) is 53.5 Å². The highest BCUT2D eigenvalue weighted by atomic mass is 32.2. The van der Waals surface area contributed by atoms with Crippen LogP contribution in [0.1, 0.15) is 12.1 Å². The minimum absolute atomic E-state index is 0.113. The maximum Gasteiger partial charge on any atom is 0.303 e. The number of benzene rings is 2. The van der Waals surface area contributed by atoms with Gasteiger partial charge in [-0.25, -0.2) is 4.98 Å². The zero-order chi connectivity index (χ0) is 16.5. The Kier molecular flexibility index (Phi) is 4.00. The summed E-state index contributed by atoms with van der Waals surface area (Å²) in [4.78, 5) is 17.7. The van der Waals surface area contributed by atoms with Gasteiger partial charge in [-0.1, -0.05) is 30.0 Å². The zero-order valence-electron chi connectivity index (χ0n) is 12.7. The van der Waals surface area contributed by atoms with Crippen molar-refractivity contribution < 1.29 is 9.90 Å². The van der Waals surface area contributed by atoms with E-state index in [9.17, 15) is 4.79 Å². The monoisotopic (exact) mass is 354 g/mol. The third-order valence-corrected chi connectivity index (χ3v) is 5.84. The minimum atomic E-state index is -0.793. The molecule has 0 spiro atoms. The lowest BCUT2D eigenvalue weighted by atomic mass is 10.2. The molecule has 1 aromatic heterocycles. The molecule has 24 heavy (non-hydrogen) atoms. The molecule has 0 atom stereocenters. The maximum absolute atomic E-state index is 10.7. The normalized spacial score (nSPS) is 12.2. The van der Waals surface area contributed by atoms with Crippen LogP contribution in [0.2, 0.25) is 0 Å². The summed E-state index contributed by atoms with van der Waals surface area (Å²) in [6, 6.07) is 14.5. The van der Waals surface area contributed by atoms with E-state index in [1.165, 1.54) is 9.79 Å². The predicted octanol–water partition coefficient (Wildman–Crippen LogP) is 5.04. The van der Waals surface area contributed by atoms with Crippen LogP contribution in [-0.4, -0.2) is 16.1 Å². The van der Waals surface area contributed by atoms with Crippen LogP contribution in [0, 0.1) is 0 Å². The highest BCUT2D eigenvalue weighted by Gasteiger charge is 2.16. The number of thiazole rings is 1. The molecular formula is C18H14N2O2S2. The molecule has 0 saturated carbocycles. The number of anilines is 2. The lowest BCUT2D eigenvalue weighted by molar-refractivity contribution is -0.136. The molecular weight excluding hydrogens is 340 g/mol. The Morgan fingerprint density at radius 1 is 1.12 bits per heavy atom. The van der Waals surface area contributed by atoms with Gasteiger partial charge in [-0.05, 0) is 24.3 Å². The number of nitrogens with one attached hydrogen (secondary N) is 1. The number of carboxylic acid groups (broad SMARTS) is 1. The summed E-state index contributed by atoms with van der Waals surface area (Å²) in [5.41, 5.74) is 4.09. The molecule has 0 fully saturated rings. The first kappa shape index (κ1) is 15.2. The van der Waals surface area contributed by atoms with Crippen molar-refractivity contribution in [1.82, 2.24) is 4.98 Å². The third-order valence-electron chi connectivity index (χ3n) is 3.75.